The Labute approximate surface area is 108 Å². The third kappa shape index (κ3) is 2.93. The van der Waals surface area contributed by atoms with Gasteiger partial charge in [-0.25, -0.2) is 0 Å². The zero-order valence-corrected chi connectivity index (χ0v) is 11.0. The van der Waals surface area contributed by atoms with Crippen LogP contribution < -0.4 is 5.73 Å². The lowest BCUT2D eigenvalue weighted by molar-refractivity contribution is 0.0641. The topological polar surface area (TPSA) is 59.5 Å². The summed E-state index contributed by atoms with van der Waals surface area (Å²) in [6.07, 6.45) is 7.45. The van der Waals surface area contributed by atoms with E-state index in [0.717, 1.165) is 18.6 Å². The third-order valence-corrected chi connectivity index (χ3v) is 3.62. The number of aryl methyl sites for hydroxylation is 1. The van der Waals surface area contributed by atoms with Crippen molar-refractivity contribution in [1.29, 1.82) is 0 Å². The largest absolute Gasteiger partial charge is 0.469 e. The summed E-state index contributed by atoms with van der Waals surface area (Å²) in [7, 11) is 0. The number of hydrogen-bond acceptors (Lipinski definition) is 3. The van der Waals surface area contributed by atoms with E-state index in [4.69, 9.17) is 10.2 Å². The Morgan fingerprint density at radius 1 is 1.44 bits per heavy atom. The Kier molecular flexibility index (Phi) is 4.42. The van der Waals surface area contributed by atoms with E-state index < -0.39 is 0 Å². The molecular weight excluding hydrogens is 228 g/mol. The molecular formula is C14H22N2O2. The molecule has 1 aromatic heterocycles. The predicted octanol–water partition coefficient (Wildman–Crippen LogP) is 2.32. The second-order valence-electron chi connectivity index (χ2n) is 5.03. The minimum atomic E-state index is 0.0594. The van der Waals surface area contributed by atoms with Gasteiger partial charge in [0.2, 0.25) is 0 Å². The fourth-order valence-electron chi connectivity index (χ4n) is 2.70. The Bertz CT molecular complexity index is 394. The van der Waals surface area contributed by atoms with E-state index in [1.807, 2.05) is 11.8 Å². The van der Waals surface area contributed by atoms with Crippen molar-refractivity contribution >= 4 is 5.91 Å². The maximum absolute atomic E-state index is 12.5. The monoisotopic (exact) mass is 250 g/mol. The average Bonchev–Trinajstić information content (AvgIpc) is 2.83. The van der Waals surface area contributed by atoms with Gasteiger partial charge in [0, 0.05) is 19.1 Å². The molecule has 1 amide bonds. The molecule has 0 aromatic carbocycles. The Balaban J connectivity index is 2.10. The van der Waals surface area contributed by atoms with Crippen LogP contribution in [0.2, 0.25) is 0 Å². The Morgan fingerprint density at radius 2 is 2.17 bits per heavy atom. The van der Waals surface area contributed by atoms with Crippen molar-refractivity contribution in [3.05, 3.63) is 23.7 Å². The van der Waals surface area contributed by atoms with Crippen molar-refractivity contribution in [2.45, 2.75) is 45.1 Å². The smallest absolute Gasteiger partial charge is 0.257 e. The molecule has 1 heterocycles. The number of carbonyl (C=O) groups is 1. The van der Waals surface area contributed by atoms with Crippen molar-refractivity contribution in [3.63, 3.8) is 0 Å². The minimum Gasteiger partial charge on any atom is -0.469 e. The highest BCUT2D eigenvalue weighted by Crippen LogP contribution is 2.24. The molecule has 4 heteroatoms. The van der Waals surface area contributed by atoms with Gasteiger partial charge in [-0.2, -0.15) is 0 Å². The summed E-state index contributed by atoms with van der Waals surface area (Å²) in [4.78, 5) is 14.4. The van der Waals surface area contributed by atoms with Crippen molar-refractivity contribution < 1.29 is 9.21 Å². The standard InChI is InChI=1S/C14H22N2O2/c1-11-9-12(10-18-11)14(17)16(8-7-15)13-5-3-2-4-6-13/h9-10,13H,2-8,15H2,1H3. The number of hydrogen-bond donors (Lipinski definition) is 1. The van der Waals surface area contributed by atoms with Crippen molar-refractivity contribution in [3.8, 4) is 0 Å². The van der Waals surface area contributed by atoms with E-state index in [0.29, 0.717) is 24.7 Å². The normalized spacial score (nSPS) is 16.8. The molecule has 0 atom stereocenters. The number of rotatable bonds is 4. The molecule has 0 radical (unpaired) electrons. The fraction of sp³-hybridized carbons (Fsp3) is 0.643. The van der Waals surface area contributed by atoms with Crippen LogP contribution in [0.25, 0.3) is 0 Å². The SMILES string of the molecule is Cc1cc(C(=O)N(CCN)C2CCCCC2)co1. The van der Waals surface area contributed by atoms with E-state index in [9.17, 15) is 4.79 Å². The number of carbonyl (C=O) groups excluding carboxylic acids is 1. The second-order valence-corrected chi connectivity index (χ2v) is 5.03. The lowest BCUT2D eigenvalue weighted by Crippen LogP contribution is -2.44. The molecule has 1 aliphatic rings. The number of nitrogens with two attached hydrogens (primary N) is 1. The number of furan rings is 1. The van der Waals surface area contributed by atoms with Crippen molar-refractivity contribution in [2.75, 3.05) is 13.1 Å². The molecule has 0 unspecified atom stereocenters. The Morgan fingerprint density at radius 3 is 2.72 bits per heavy atom. The molecule has 0 saturated heterocycles. The summed E-state index contributed by atoms with van der Waals surface area (Å²) in [5.41, 5.74) is 6.28. The highest BCUT2D eigenvalue weighted by Gasteiger charge is 2.26. The third-order valence-electron chi connectivity index (χ3n) is 3.62. The molecule has 2 N–H and O–H groups in total. The highest BCUT2D eigenvalue weighted by atomic mass is 16.3. The van der Waals surface area contributed by atoms with Crippen LogP contribution in [0.3, 0.4) is 0 Å². The average molecular weight is 250 g/mol. The van der Waals surface area contributed by atoms with Gasteiger partial charge >= 0.3 is 0 Å². The molecule has 0 aliphatic heterocycles. The Hall–Kier alpha value is -1.29. The highest BCUT2D eigenvalue weighted by molar-refractivity contribution is 5.94. The lowest BCUT2D eigenvalue weighted by atomic mass is 9.94. The van der Waals surface area contributed by atoms with Gasteiger partial charge in [-0.05, 0) is 25.8 Å². The van der Waals surface area contributed by atoms with Crippen molar-refractivity contribution in [2.24, 2.45) is 5.73 Å². The molecule has 4 nitrogen and oxygen atoms in total. The zero-order valence-electron chi connectivity index (χ0n) is 11.0. The second kappa shape index (κ2) is 6.05. The van der Waals surface area contributed by atoms with Gasteiger partial charge in [-0.15, -0.1) is 0 Å². The van der Waals surface area contributed by atoms with Crippen LogP contribution in [0.15, 0.2) is 16.7 Å². The number of amides is 1. The van der Waals surface area contributed by atoms with Gasteiger partial charge in [-0.1, -0.05) is 19.3 Å². The first-order valence-corrected chi connectivity index (χ1v) is 6.78. The predicted molar refractivity (Wildman–Crippen MR) is 70.4 cm³/mol. The molecule has 1 aliphatic carbocycles. The first kappa shape index (κ1) is 13.1. The van der Waals surface area contributed by atoms with E-state index >= 15 is 0 Å². The lowest BCUT2D eigenvalue weighted by Gasteiger charge is -2.34. The maximum atomic E-state index is 12.5. The van der Waals surface area contributed by atoms with Gasteiger partial charge in [-0.3, -0.25) is 4.79 Å². The van der Waals surface area contributed by atoms with Gasteiger partial charge < -0.3 is 15.1 Å². The fourth-order valence-corrected chi connectivity index (χ4v) is 2.70. The summed E-state index contributed by atoms with van der Waals surface area (Å²) < 4.78 is 5.22. The maximum Gasteiger partial charge on any atom is 0.257 e. The van der Waals surface area contributed by atoms with Crippen LogP contribution >= 0.6 is 0 Å². The molecule has 0 bridgehead atoms. The molecule has 100 valence electrons. The summed E-state index contributed by atoms with van der Waals surface area (Å²) >= 11 is 0. The van der Waals surface area contributed by atoms with E-state index in [1.54, 1.807) is 12.3 Å². The zero-order chi connectivity index (χ0) is 13.0. The van der Waals surface area contributed by atoms with Crippen LogP contribution in [0, 0.1) is 6.92 Å². The van der Waals surface area contributed by atoms with Crippen LogP contribution in [0.5, 0.6) is 0 Å². The summed E-state index contributed by atoms with van der Waals surface area (Å²) in [6.45, 7) is 3.00. The van der Waals surface area contributed by atoms with Crippen LogP contribution in [0.4, 0.5) is 0 Å². The van der Waals surface area contributed by atoms with E-state index in [2.05, 4.69) is 0 Å². The summed E-state index contributed by atoms with van der Waals surface area (Å²) in [5.74, 6) is 0.832. The molecule has 18 heavy (non-hydrogen) atoms. The van der Waals surface area contributed by atoms with Crippen LogP contribution in [0.1, 0.15) is 48.2 Å². The molecule has 1 aromatic rings. The summed E-state index contributed by atoms with van der Waals surface area (Å²) in [6, 6.07) is 2.15. The van der Waals surface area contributed by atoms with Gasteiger partial charge in [0.15, 0.2) is 0 Å². The number of nitrogens with zero attached hydrogens (tertiary/aromatic N) is 1. The molecule has 0 spiro atoms. The van der Waals surface area contributed by atoms with Gasteiger partial charge in [0.1, 0.15) is 12.0 Å². The summed E-state index contributed by atoms with van der Waals surface area (Å²) in [5, 5.41) is 0. The first-order chi connectivity index (χ1) is 8.72. The van der Waals surface area contributed by atoms with Crippen molar-refractivity contribution in [1.82, 2.24) is 4.90 Å². The molecule has 2 rings (SSSR count). The molecule has 1 fully saturated rings. The quantitative estimate of drug-likeness (QED) is 0.892. The van der Waals surface area contributed by atoms with Gasteiger partial charge in [0.05, 0.1) is 5.56 Å². The molecule has 1 saturated carbocycles. The van der Waals surface area contributed by atoms with E-state index in [-0.39, 0.29) is 5.91 Å². The minimum absolute atomic E-state index is 0.0594. The van der Waals surface area contributed by atoms with E-state index in [1.165, 1.54) is 19.3 Å². The van der Waals surface area contributed by atoms with Gasteiger partial charge in [0.25, 0.3) is 5.91 Å². The van der Waals surface area contributed by atoms with Crippen LogP contribution in [-0.4, -0.2) is 29.9 Å². The first-order valence-electron chi connectivity index (χ1n) is 6.78. The van der Waals surface area contributed by atoms with Crippen LogP contribution in [-0.2, 0) is 0 Å².